The van der Waals surface area contributed by atoms with E-state index in [0.717, 1.165) is 17.3 Å². The van der Waals surface area contributed by atoms with Crippen molar-refractivity contribution in [3.8, 4) is 17.2 Å². The van der Waals surface area contributed by atoms with Crippen LogP contribution in [0.5, 0.6) is 17.2 Å². The van der Waals surface area contributed by atoms with Crippen LogP contribution in [0.4, 0.5) is 4.79 Å². The zero-order valence-corrected chi connectivity index (χ0v) is 21.7. The van der Waals surface area contributed by atoms with Crippen molar-refractivity contribution < 1.29 is 23.8 Å². The molecule has 3 aromatic carbocycles. The highest BCUT2D eigenvalue weighted by molar-refractivity contribution is 8.18. The molecule has 4 rings (SSSR count). The van der Waals surface area contributed by atoms with Gasteiger partial charge in [0.15, 0.2) is 11.5 Å². The molecule has 0 radical (unpaired) electrons. The summed E-state index contributed by atoms with van der Waals surface area (Å²) in [6.07, 6.45) is 1.67. The van der Waals surface area contributed by atoms with Crippen LogP contribution >= 0.6 is 35.0 Å². The molecule has 0 unspecified atom stereocenters. The van der Waals surface area contributed by atoms with Crippen LogP contribution in [0.1, 0.15) is 18.1 Å². The van der Waals surface area contributed by atoms with Crippen molar-refractivity contribution in [1.82, 2.24) is 4.90 Å². The summed E-state index contributed by atoms with van der Waals surface area (Å²) in [4.78, 5) is 26.8. The van der Waals surface area contributed by atoms with Crippen LogP contribution in [-0.2, 0) is 11.4 Å². The summed E-state index contributed by atoms with van der Waals surface area (Å²) in [6, 6.07) is 19.8. The summed E-state index contributed by atoms with van der Waals surface area (Å²) < 4.78 is 17.3. The average molecular weight is 544 g/mol. The van der Waals surface area contributed by atoms with Crippen molar-refractivity contribution in [3.63, 3.8) is 0 Å². The number of rotatable bonds is 10. The lowest BCUT2D eigenvalue weighted by atomic mass is 10.1. The Morgan fingerprint density at radius 3 is 2.47 bits per heavy atom. The molecule has 0 spiro atoms. The minimum absolute atomic E-state index is 0.168. The van der Waals surface area contributed by atoms with E-state index in [1.54, 1.807) is 42.5 Å². The van der Waals surface area contributed by atoms with Gasteiger partial charge < -0.3 is 14.2 Å². The third kappa shape index (κ3) is 6.55. The van der Waals surface area contributed by atoms with Crippen LogP contribution in [0, 0.1) is 0 Å². The van der Waals surface area contributed by atoms with Crippen LogP contribution in [0.15, 0.2) is 71.6 Å². The van der Waals surface area contributed by atoms with Gasteiger partial charge in [-0.3, -0.25) is 14.5 Å². The summed E-state index contributed by atoms with van der Waals surface area (Å²) in [6.45, 7) is 2.92. The Labute approximate surface area is 223 Å². The number of para-hydroxylation sites is 1. The normalized spacial score (nSPS) is 14.4. The summed E-state index contributed by atoms with van der Waals surface area (Å²) in [5, 5.41) is 0.742. The highest BCUT2D eigenvalue weighted by Gasteiger charge is 2.34. The molecule has 3 aromatic rings. The number of imide groups is 1. The summed E-state index contributed by atoms with van der Waals surface area (Å²) in [5.41, 5.74) is 1.50. The second-order valence-electron chi connectivity index (χ2n) is 7.66. The quantitative estimate of drug-likeness (QED) is 0.254. The van der Waals surface area contributed by atoms with E-state index in [1.807, 2.05) is 37.3 Å². The number of hydrogen-bond donors (Lipinski definition) is 0. The molecule has 2 amide bonds. The Bertz CT molecular complexity index is 1280. The minimum Gasteiger partial charge on any atom is -0.492 e. The van der Waals surface area contributed by atoms with E-state index in [0.29, 0.717) is 44.4 Å². The van der Waals surface area contributed by atoms with E-state index in [-0.39, 0.29) is 30.9 Å². The van der Waals surface area contributed by atoms with Crippen LogP contribution in [0.3, 0.4) is 0 Å². The van der Waals surface area contributed by atoms with Crippen molar-refractivity contribution in [3.05, 3.63) is 92.8 Å². The Hall–Kier alpha value is -3.13. The summed E-state index contributed by atoms with van der Waals surface area (Å²) in [5.74, 6) is 1.39. The number of benzene rings is 3. The third-order valence-electron chi connectivity index (χ3n) is 5.16. The van der Waals surface area contributed by atoms with Crippen LogP contribution in [0.25, 0.3) is 6.08 Å². The molecule has 0 bridgehead atoms. The molecule has 0 aromatic heterocycles. The van der Waals surface area contributed by atoms with Gasteiger partial charge in [0.05, 0.1) is 18.1 Å². The van der Waals surface area contributed by atoms with E-state index in [9.17, 15) is 9.59 Å². The first-order valence-electron chi connectivity index (χ1n) is 11.2. The summed E-state index contributed by atoms with van der Waals surface area (Å²) >= 11 is 13.1. The van der Waals surface area contributed by atoms with Gasteiger partial charge in [-0.25, -0.2) is 0 Å². The third-order valence-corrected chi connectivity index (χ3v) is 6.66. The van der Waals surface area contributed by atoms with Gasteiger partial charge >= 0.3 is 0 Å². The van der Waals surface area contributed by atoms with E-state index in [2.05, 4.69) is 0 Å². The molecule has 1 heterocycles. The number of amides is 2. The Balaban J connectivity index is 1.43. The number of carbonyl (C=O) groups is 2. The fourth-order valence-corrected chi connectivity index (χ4v) is 4.74. The lowest BCUT2D eigenvalue weighted by molar-refractivity contribution is -0.123. The zero-order chi connectivity index (χ0) is 25.5. The standard InChI is InChI=1S/C27H23Cl2NO5S/c1-2-33-24-14-18(8-11-23(24)35-17-19-9-10-20(28)16-22(19)29)15-25-26(31)30(27(32)36-25)12-13-34-21-6-4-3-5-7-21/h3-11,14-16H,2,12-13,17H2,1H3/b25-15-. The van der Waals surface area contributed by atoms with E-state index < -0.39 is 0 Å². The number of halogens is 2. The van der Waals surface area contributed by atoms with Gasteiger partial charge in [0, 0.05) is 15.6 Å². The molecular weight excluding hydrogens is 521 g/mol. The fourth-order valence-electron chi connectivity index (χ4n) is 3.41. The first-order chi connectivity index (χ1) is 17.4. The van der Waals surface area contributed by atoms with Gasteiger partial charge in [-0.15, -0.1) is 0 Å². The number of thioether (sulfide) groups is 1. The average Bonchev–Trinajstić information content (AvgIpc) is 3.12. The molecule has 0 saturated carbocycles. The van der Waals surface area contributed by atoms with Crippen LogP contribution in [-0.4, -0.2) is 35.8 Å². The van der Waals surface area contributed by atoms with Crippen molar-refractivity contribution in [1.29, 1.82) is 0 Å². The number of nitrogens with zero attached hydrogens (tertiary/aromatic N) is 1. The van der Waals surface area contributed by atoms with E-state index in [1.165, 1.54) is 4.90 Å². The molecule has 1 aliphatic rings. The molecule has 1 fully saturated rings. The number of hydrogen-bond acceptors (Lipinski definition) is 6. The lowest BCUT2D eigenvalue weighted by Gasteiger charge is -2.14. The van der Waals surface area contributed by atoms with Crippen LogP contribution in [0.2, 0.25) is 10.0 Å². The molecule has 1 aliphatic heterocycles. The first-order valence-corrected chi connectivity index (χ1v) is 12.8. The maximum atomic E-state index is 12.8. The monoisotopic (exact) mass is 543 g/mol. The molecule has 9 heteroatoms. The van der Waals surface area contributed by atoms with Gasteiger partial charge in [-0.1, -0.05) is 53.5 Å². The van der Waals surface area contributed by atoms with Gasteiger partial charge in [-0.2, -0.15) is 0 Å². The predicted octanol–water partition coefficient (Wildman–Crippen LogP) is 7.09. The van der Waals surface area contributed by atoms with Gasteiger partial charge in [0.2, 0.25) is 0 Å². The first kappa shape index (κ1) is 25.9. The lowest BCUT2D eigenvalue weighted by Crippen LogP contribution is -2.32. The van der Waals surface area contributed by atoms with E-state index >= 15 is 0 Å². The summed E-state index contributed by atoms with van der Waals surface area (Å²) in [7, 11) is 0. The fraction of sp³-hybridized carbons (Fsp3) is 0.185. The van der Waals surface area contributed by atoms with Crippen molar-refractivity contribution >= 4 is 52.2 Å². The molecular formula is C27H23Cl2NO5S. The smallest absolute Gasteiger partial charge is 0.293 e. The van der Waals surface area contributed by atoms with Gasteiger partial charge in [0.25, 0.3) is 11.1 Å². The minimum atomic E-state index is -0.350. The maximum Gasteiger partial charge on any atom is 0.293 e. The van der Waals surface area contributed by atoms with Crippen LogP contribution < -0.4 is 14.2 Å². The number of ether oxygens (including phenoxy) is 3. The second kappa shape index (κ2) is 12.2. The van der Waals surface area contributed by atoms with E-state index in [4.69, 9.17) is 37.4 Å². The second-order valence-corrected chi connectivity index (χ2v) is 9.50. The Kier molecular flexibility index (Phi) is 8.80. The highest BCUT2D eigenvalue weighted by atomic mass is 35.5. The molecule has 1 saturated heterocycles. The van der Waals surface area contributed by atoms with Crippen molar-refractivity contribution in [2.45, 2.75) is 13.5 Å². The molecule has 6 nitrogen and oxygen atoms in total. The largest absolute Gasteiger partial charge is 0.492 e. The maximum absolute atomic E-state index is 12.8. The van der Waals surface area contributed by atoms with Gasteiger partial charge in [0.1, 0.15) is 19.0 Å². The Morgan fingerprint density at radius 1 is 0.917 bits per heavy atom. The Morgan fingerprint density at radius 2 is 1.72 bits per heavy atom. The molecule has 0 aliphatic carbocycles. The van der Waals surface area contributed by atoms with Gasteiger partial charge in [-0.05, 0) is 66.7 Å². The molecule has 36 heavy (non-hydrogen) atoms. The SMILES string of the molecule is CCOc1cc(/C=C2\SC(=O)N(CCOc3ccccc3)C2=O)ccc1OCc1ccc(Cl)cc1Cl. The zero-order valence-electron chi connectivity index (χ0n) is 19.4. The molecule has 186 valence electrons. The molecule has 0 N–H and O–H groups in total. The topological polar surface area (TPSA) is 65.1 Å². The van der Waals surface area contributed by atoms with Crippen molar-refractivity contribution in [2.75, 3.05) is 19.8 Å². The highest BCUT2D eigenvalue weighted by Crippen LogP contribution is 2.35. The molecule has 0 atom stereocenters. The predicted molar refractivity (Wildman–Crippen MR) is 143 cm³/mol. The van der Waals surface area contributed by atoms with Crippen molar-refractivity contribution in [2.24, 2.45) is 0 Å². The number of carbonyl (C=O) groups excluding carboxylic acids is 2.